The fraction of sp³-hybridized carbons (Fsp3) is 0.417. The van der Waals surface area contributed by atoms with E-state index >= 15 is 0 Å². The molecular formula is C24H29NO6. The molecule has 0 saturated carbocycles. The summed E-state index contributed by atoms with van der Waals surface area (Å²) in [6.45, 7) is 3.59. The summed E-state index contributed by atoms with van der Waals surface area (Å²) >= 11 is 0. The fourth-order valence-electron chi connectivity index (χ4n) is 4.49. The van der Waals surface area contributed by atoms with Crippen LogP contribution in [0.1, 0.15) is 28.5 Å². The Balaban J connectivity index is 1.80. The van der Waals surface area contributed by atoms with Gasteiger partial charge in [-0.1, -0.05) is 18.2 Å². The number of benzene rings is 2. The Bertz CT molecular complexity index is 1060. The van der Waals surface area contributed by atoms with E-state index in [1.807, 2.05) is 50.4 Å². The van der Waals surface area contributed by atoms with Crippen LogP contribution in [0, 0.1) is 13.8 Å². The maximum absolute atomic E-state index is 10.7. The topological polar surface area (TPSA) is 104 Å². The molecule has 0 bridgehead atoms. The van der Waals surface area contributed by atoms with Crippen molar-refractivity contribution in [1.82, 2.24) is 4.57 Å². The number of aliphatic hydroxyl groups excluding tert-OH is 4. The summed E-state index contributed by atoms with van der Waals surface area (Å²) in [5, 5.41) is 41.7. The third kappa shape index (κ3) is 3.95. The molecule has 1 aliphatic rings. The largest absolute Gasteiger partial charge is 0.497 e. The molecule has 4 N–H and O–H groups in total. The van der Waals surface area contributed by atoms with E-state index in [9.17, 15) is 20.4 Å². The third-order valence-corrected chi connectivity index (χ3v) is 6.05. The van der Waals surface area contributed by atoms with Crippen LogP contribution in [0.25, 0.3) is 10.9 Å². The molecule has 0 unspecified atom stereocenters. The average molecular weight is 427 g/mol. The molecule has 0 radical (unpaired) electrons. The minimum Gasteiger partial charge on any atom is -0.497 e. The Hall–Kier alpha value is -2.42. The SMILES string of the molecule is COc1ccc(Cc2cn([C@@H]3O[C@H](CO)[C@@H](O)[C@H](O)[C@H]3O)c3cc(C)cc(C)c23)cc1. The number of hydrogen-bond acceptors (Lipinski definition) is 6. The summed E-state index contributed by atoms with van der Waals surface area (Å²) < 4.78 is 12.9. The van der Waals surface area contributed by atoms with Gasteiger partial charge in [0.2, 0.25) is 0 Å². The molecule has 166 valence electrons. The third-order valence-electron chi connectivity index (χ3n) is 6.05. The van der Waals surface area contributed by atoms with Crippen molar-refractivity contribution < 1.29 is 29.9 Å². The van der Waals surface area contributed by atoms with Gasteiger partial charge in [0, 0.05) is 11.6 Å². The molecule has 1 fully saturated rings. The lowest BCUT2D eigenvalue weighted by atomic mass is 9.98. The van der Waals surface area contributed by atoms with E-state index in [0.29, 0.717) is 6.42 Å². The lowest BCUT2D eigenvalue weighted by Gasteiger charge is -2.40. The molecule has 3 aromatic rings. The van der Waals surface area contributed by atoms with Gasteiger partial charge in [0.15, 0.2) is 6.23 Å². The van der Waals surface area contributed by atoms with Crippen LogP contribution in [-0.4, -0.2) is 63.1 Å². The van der Waals surface area contributed by atoms with Gasteiger partial charge in [-0.3, -0.25) is 0 Å². The van der Waals surface area contributed by atoms with Crippen LogP contribution in [-0.2, 0) is 11.2 Å². The number of aliphatic hydroxyl groups is 4. The summed E-state index contributed by atoms with van der Waals surface area (Å²) in [4.78, 5) is 0. The Morgan fingerprint density at radius 2 is 1.71 bits per heavy atom. The summed E-state index contributed by atoms with van der Waals surface area (Å²) in [6, 6.07) is 12.0. The zero-order valence-electron chi connectivity index (χ0n) is 17.9. The molecule has 31 heavy (non-hydrogen) atoms. The van der Waals surface area contributed by atoms with Gasteiger partial charge >= 0.3 is 0 Å². The van der Waals surface area contributed by atoms with Crippen molar-refractivity contribution in [2.75, 3.05) is 13.7 Å². The van der Waals surface area contributed by atoms with Gasteiger partial charge in [0.05, 0.1) is 19.2 Å². The van der Waals surface area contributed by atoms with Crippen LogP contribution in [0.5, 0.6) is 5.75 Å². The molecule has 0 amide bonds. The number of aryl methyl sites for hydroxylation is 2. The molecular weight excluding hydrogens is 398 g/mol. The highest BCUT2D eigenvalue weighted by Crippen LogP contribution is 2.35. The second-order valence-corrected chi connectivity index (χ2v) is 8.28. The lowest BCUT2D eigenvalue weighted by molar-refractivity contribution is -0.250. The molecule has 1 aliphatic heterocycles. The molecule has 7 heteroatoms. The Morgan fingerprint density at radius 3 is 2.35 bits per heavy atom. The predicted octanol–water partition coefficient (Wildman–Crippen LogP) is 1.83. The second kappa shape index (κ2) is 8.61. The monoisotopic (exact) mass is 427 g/mol. The van der Waals surface area contributed by atoms with Crippen molar-refractivity contribution in [3.63, 3.8) is 0 Å². The molecule has 1 saturated heterocycles. The van der Waals surface area contributed by atoms with Crippen molar-refractivity contribution in [2.24, 2.45) is 0 Å². The molecule has 0 spiro atoms. The van der Waals surface area contributed by atoms with Gasteiger partial charge in [-0.2, -0.15) is 0 Å². The van der Waals surface area contributed by atoms with E-state index in [4.69, 9.17) is 9.47 Å². The first-order valence-corrected chi connectivity index (χ1v) is 10.4. The number of hydrogen-bond donors (Lipinski definition) is 4. The second-order valence-electron chi connectivity index (χ2n) is 8.28. The van der Waals surface area contributed by atoms with Gasteiger partial charge in [-0.05, 0) is 60.7 Å². The lowest BCUT2D eigenvalue weighted by Crippen LogP contribution is -2.56. The maximum Gasteiger partial charge on any atom is 0.163 e. The van der Waals surface area contributed by atoms with Crippen LogP contribution in [0.4, 0.5) is 0 Å². The van der Waals surface area contributed by atoms with Crippen molar-refractivity contribution >= 4 is 10.9 Å². The highest BCUT2D eigenvalue weighted by molar-refractivity contribution is 5.88. The number of rotatable bonds is 5. The van der Waals surface area contributed by atoms with E-state index in [2.05, 4.69) is 6.07 Å². The molecule has 1 aromatic heterocycles. The standard InChI is InChI=1S/C24H29NO6/c1-13-8-14(2)20-16(10-15-4-6-17(30-3)7-5-15)11-25(18(20)9-13)24-23(29)22(28)21(27)19(12-26)31-24/h4-9,11,19,21-24,26-29H,10,12H2,1-3H3/t19-,21-,22+,23-,24-/m1/s1. The first-order chi connectivity index (χ1) is 14.8. The first-order valence-electron chi connectivity index (χ1n) is 10.4. The van der Waals surface area contributed by atoms with Crippen LogP contribution in [0.2, 0.25) is 0 Å². The quantitative estimate of drug-likeness (QED) is 0.495. The van der Waals surface area contributed by atoms with Crippen LogP contribution in [0.15, 0.2) is 42.6 Å². The minimum absolute atomic E-state index is 0.461. The van der Waals surface area contributed by atoms with Crippen LogP contribution >= 0.6 is 0 Å². The molecule has 5 atom stereocenters. The Kier molecular flexibility index (Phi) is 6.05. The number of fused-ring (bicyclic) bond motifs is 1. The summed E-state index contributed by atoms with van der Waals surface area (Å²) in [5.41, 5.74) is 5.18. The molecule has 0 aliphatic carbocycles. The molecule has 2 heterocycles. The van der Waals surface area contributed by atoms with Gasteiger partial charge in [-0.15, -0.1) is 0 Å². The Morgan fingerprint density at radius 1 is 1.00 bits per heavy atom. The molecule has 2 aromatic carbocycles. The average Bonchev–Trinajstić information content (AvgIpc) is 3.11. The normalized spacial score (nSPS) is 26.4. The van der Waals surface area contributed by atoms with E-state index < -0.39 is 37.3 Å². The van der Waals surface area contributed by atoms with Crippen LogP contribution in [0.3, 0.4) is 0 Å². The summed E-state index contributed by atoms with van der Waals surface area (Å²) in [6.07, 6.45) is -3.48. The predicted molar refractivity (Wildman–Crippen MR) is 116 cm³/mol. The van der Waals surface area contributed by atoms with Crippen molar-refractivity contribution in [2.45, 2.75) is 50.9 Å². The Labute approximate surface area is 181 Å². The smallest absolute Gasteiger partial charge is 0.163 e. The van der Waals surface area contributed by atoms with Crippen LogP contribution < -0.4 is 4.74 Å². The van der Waals surface area contributed by atoms with E-state index in [1.165, 1.54) is 0 Å². The number of aromatic nitrogens is 1. The van der Waals surface area contributed by atoms with Gasteiger partial charge in [-0.25, -0.2) is 0 Å². The number of nitrogens with zero attached hydrogens (tertiary/aromatic N) is 1. The zero-order valence-corrected chi connectivity index (χ0v) is 17.9. The van der Waals surface area contributed by atoms with Gasteiger partial charge in [0.1, 0.15) is 30.2 Å². The highest BCUT2D eigenvalue weighted by atomic mass is 16.6. The minimum atomic E-state index is -1.43. The number of ether oxygens (including phenoxy) is 2. The highest BCUT2D eigenvalue weighted by Gasteiger charge is 2.44. The summed E-state index contributed by atoms with van der Waals surface area (Å²) in [7, 11) is 1.63. The van der Waals surface area contributed by atoms with Crippen molar-refractivity contribution in [3.8, 4) is 5.75 Å². The zero-order chi connectivity index (χ0) is 22.3. The van der Waals surface area contributed by atoms with E-state index in [-0.39, 0.29) is 0 Å². The first kappa shape index (κ1) is 21.8. The molecule has 4 rings (SSSR count). The fourth-order valence-corrected chi connectivity index (χ4v) is 4.49. The van der Waals surface area contributed by atoms with Crippen molar-refractivity contribution in [1.29, 1.82) is 0 Å². The van der Waals surface area contributed by atoms with Crippen molar-refractivity contribution in [3.05, 3.63) is 64.8 Å². The van der Waals surface area contributed by atoms with Gasteiger partial charge < -0.3 is 34.5 Å². The van der Waals surface area contributed by atoms with Gasteiger partial charge in [0.25, 0.3) is 0 Å². The maximum atomic E-state index is 10.7. The van der Waals surface area contributed by atoms with E-state index in [0.717, 1.165) is 38.9 Å². The number of methoxy groups -OCH3 is 1. The molecule has 7 nitrogen and oxygen atoms in total. The summed E-state index contributed by atoms with van der Waals surface area (Å²) in [5.74, 6) is 0.791. The van der Waals surface area contributed by atoms with E-state index in [1.54, 1.807) is 11.7 Å².